The first-order valence-electron chi connectivity index (χ1n) is 5.28. The fourth-order valence-corrected chi connectivity index (χ4v) is 1.64. The van der Waals surface area contributed by atoms with Crippen molar-refractivity contribution in [1.82, 2.24) is 15.6 Å². The molecule has 1 amide bonds. The van der Waals surface area contributed by atoms with E-state index in [2.05, 4.69) is 0 Å². The summed E-state index contributed by atoms with van der Waals surface area (Å²) < 4.78 is 5.24. The second-order valence-corrected chi connectivity index (χ2v) is 4.80. The van der Waals surface area contributed by atoms with Crippen molar-refractivity contribution in [2.45, 2.75) is 45.4 Å². The summed E-state index contributed by atoms with van der Waals surface area (Å²) in [7, 11) is 0. The largest absolute Gasteiger partial charge is 0.444 e. The predicted molar refractivity (Wildman–Crippen MR) is 56.9 cm³/mol. The van der Waals surface area contributed by atoms with Gasteiger partial charge in [0.15, 0.2) is 0 Å². The number of nitrogens with one attached hydrogen (secondary N) is 1. The minimum atomic E-state index is -0.531. The molecule has 16 heavy (non-hydrogen) atoms. The zero-order chi connectivity index (χ0) is 12.3. The molecule has 94 valence electrons. The fraction of sp³-hybridized carbons (Fsp3) is 0.889. The van der Waals surface area contributed by atoms with Gasteiger partial charge in [-0.25, -0.2) is 4.79 Å². The zero-order valence-electron chi connectivity index (χ0n) is 9.93. The summed E-state index contributed by atoms with van der Waals surface area (Å²) in [5.41, 5.74) is 1.28. The third kappa shape index (κ3) is 3.31. The highest BCUT2D eigenvalue weighted by Crippen LogP contribution is 2.20. The molecule has 0 aromatic rings. The van der Waals surface area contributed by atoms with Crippen LogP contribution in [0.4, 0.5) is 4.79 Å². The second kappa shape index (κ2) is 4.96. The molecule has 0 saturated carbocycles. The Morgan fingerprint density at radius 2 is 2.25 bits per heavy atom. The second-order valence-electron chi connectivity index (χ2n) is 4.80. The number of hydrogen-bond acceptors (Lipinski definition) is 6. The topological polar surface area (TPSA) is 91.1 Å². The standard InChI is InChI=1S/C9H20N4O3/c1-9(2,3)16-8(14)12-6-4-5-7(12)13(10)11-15/h7,11,15H,4-6,10H2,1-3H3/t7-/m1/s1. The average molecular weight is 232 g/mol. The number of hydrazine groups is 2. The van der Waals surface area contributed by atoms with Crippen LogP contribution in [0.1, 0.15) is 33.6 Å². The van der Waals surface area contributed by atoms with Crippen LogP contribution in [0.5, 0.6) is 0 Å². The summed E-state index contributed by atoms with van der Waals surface area (Å²) in [4.78, 5) is 13.3. The molecule has 0 radical (unpaired) electrons. The minimum Gasteiger partial charge on any atom is -0.444 e. The molecule has 1 aliphatic heterocycles. The fourth-order valence-electron chi connectivity index (χ4n) is 1.64. The van der Waals surface area contributed by atoms with Gasteiger partial charge >= 0.3 is 6.09 Å². The molecule has 0 spiro atoms. The Morgan fingerprint density at radius 1 is 1.62 bits per heavy atom. The Labute approximate surface area is 95.0 Å². The number of amides is 1. The van der Waals surface area contributed by atoms with Crippen molar-refractivity contribution in [1.29, 1.82) is 0 Å². The van der Waals surface area contributed by atoms with E-state index in [0.29, 0.717) is 13.0 Å². The van der Waals surface area contributed by atoms with Crippen LogP contribution in [-0.4, -0.2) is 39.6 Å². The normalized spacial score (nSPS) is 21.6. The van der Waals surface area contributed by atoms with E-state index in [4.69, 9.17) is 15.8 Å². The van der Waals surface area contributed by atoms with Crippen molar-refractivity contribution in [3.63, 3.8) is 0 Å². The van der Waals surface area contributed by atoms with Gasteiger partial charge in [0.1, 0.15) is 11.8 Å². The summed E-state index contributed by atoms with van der Waals surface area (Å²) in [6.45, 7) is 6.00. The van der Waals surface area contributed by atoms with Gasteiger partial charge in [-0.1, -0.05) is 0 Å². The van der Waals surface area contributed by atoms with Gasteiger partial charge in [0, 0.05) is 6.54 Å². The maximum absolute atomic E-state index is 11.8. The van der Waals surface area contributed by atoms with E-state index in [9.17, 15) is 4.79 Å². The Morgan fingerprint density at radius 3 is 2.75 bits per heavy atom. The van der Waals surface area contributed by atoms with Crippen molar-refractivity contribution in [3.05, 3.63) is 0 Å². The maximum atomic E-state index is 11.8. The lowest BCUT2D eigenvalue weighted by atomic mass is 10.2. The number of nitrogens with zero attached hydrogens (tertiary/aromatic N) is 2. The van der Waals surface area contributed by atoms with E-state index in [-0.39, 0.29) is 6.17 Å². The van der Waals surface area contributed by atoms with Crippen LogP contribution in [0, 0.1) is 0 Å². The first-order chi connectivity index (χ1) is 7.35. The molecule has 1 fully saturated rings. The van der Waals surface area contributed by atoms with Crippen molar-refractivity contribution >= 4 is 6.09 Å². The molecule has 0 aromatic heterocycles. The number of hydrogen-bond donors (Lipinski definition) is 3. The molecule has 4 N–H and O–H groups in total. The van der Waals surface area contributed by atoms with Crippen LogP contribution in [0.25, 0.3) is 0 Å². The third-order valence-electron chi connectivity index (χ3n) is 2.29. The average Bonchev–Trinajstić information content (AvgIpc) is 2.62. The Hall–Kier alpha value is -0.890. The van der Waals surface area contributed by atoms with E-state index >= 15 is 0 Å². The van der Waals surface area contributed by atoms with Crippen molar-refractivity contribution in [2.24, 2.45) is 5.84 Å². The number of rotatable bonds is 2. The van der Waals surface area contributed by atoms with E-state index in [1.807, 2.05) is 5.59 Å². The van der Waals surface area contributed by atoms with Gasteiger partial charge in [-0.3, -0.25) is 10.7 Å². The molecule has 1 aliphatic rings. The molecular weight excluding hydrogens is 212 g/mol. The van der Waals surface area contributed by atoms with Gasteiger partial charge < -0.3 is 9.94 Å². The number of nitrogens with two attached hydrogens (primary N) is 1. The Balaban J connectivity index is 2.61. The van der Waals surface area contributed by atoms with Crippen LogP contribution in [0.2, 0.25) is 0 Å². The summed E-state index contributed by atoms with van der Waals surface area (Å²) in [5, 5.41) is 9.70. The van der Waals surface area contributed by atoms with Gasteiger partial charge in [-0.15, -0.1) is 10.7 Å². The monoisotopic (exact) mass is 232 g/mol. The van der Waals surface area contributed by atoms with Gasteiger partial charge in [0.2, 0.25) is 0 Å². The quantitative estimate of drug-likeness (QED) is 0.472. The van der Waals surface area contributed by atoms with Gasteiger partial charge in [-0.2, -0.15) is 0 Å². The van der Waals surface area contributed by atoms with Crippen LogP contribution >= 0.6 is 0 Å². The van der Waals surface area contributed by atoms with E-state index in [0.717, 1.165) is 11.5 Å². The third-order valence-corrected chi connectivity index (χ3v) is 2.29. The van der Waals surface area contributed by atoms with Crippen molar-refractivity contribution in [3.8, 4) is 0 Å². The number of ether oxygens (including phenoxy) is 1. The van der Waals surface area contributed by atoms with Crippen LogP contribution in [0.15, 0.2) is 0 Å². The molecule has 1 heterocycles. The lowest BCUT2D eigenvalue weighted by molar-refractivity contribution is -0.0872. The van der Waals surface area contributed by atoms with Crippen molar-refractivity contribution < 1.29 is 14.7 Å². The summed E-state index contributed by atoms with van der Waals surface area (Å²) in [6, 6.07) is 0. The number of carbonyl (C=O) groups excluding carboxylic acids is 1. The molecule has 7 heteroatoms. The molecule has 1 atom stereocenters. The summed E-state index contributed by atoms with van der Waals surface area (Å²) in [6.07, 6.45) is 0.739. The number of carbonyl (C=O) groups is 1. The van der Waals surface area contributed by atoms with Gasteiger partial charge in [-0.05, 0) is 33.6 Å². The molecule has 7 nitrogen and oxygen atoms in total. The Kier molecular flexibility index (Phi) is 4.09. The van der Waals surface area contributed by atoms with E-state index < -0.39 is 11.7 Å². The molecule has 0 aromatic carbocycles. The molecule has 1 saturated heterocycles. The van der Waals surface area contributed by atoms with Crippen molar-refractivity contribution in [2.75, 3.05) is 6.54 Å². The molecular formula is C9H20N4O3. The van der Waals surface area contributed by atoms with Crippen LogP contribution in [-0.2, 0) is 4.74 Å². The summed E-state index contributed by atoms with van der Waals surface area (Å²) >= 11 is 0. The summed E-state index contributed by atoms with van der Waals surface area (Å²) in [5.74, 6) is 5.49. The highest BCUT2D eigenvalue weighted by atomic mass is 16.6. The number of likely N-dealkylation sites (tertiary alicyclic amines) is 1. The van der Waals surface area contributed by atoms with Crippen LogP contribution in [0.3, 0.4) is 0 Å². The lowest BCUT2D eigenvalue weighted by Gasteiger charge is -2.31. The van der Waals surface area contributed by atoms with Gasteiger partial charge in [0.05, 0.1) is 0 Å². The molecule has 1 rings (SSSR count). The SMILES string of the molecule is CC(C)(C)OC(=O)N1CCC[C@H]1N(N)NO. The van der Waals surface area contributed by atoms with Crippen LogP contribution < -0.4 is 11.4 Å². The smallest absolute Gasteiger partial charge is 0.411 e. The zero-order valence-corrected chi connectivity index (χ0v) is 9.93. The van der Waals surface area contributed by atoms with Gasteiger partial charge in [0.25, 0.3) is 0 Å². The molecule has 0 bridgehead atoms. The van der Waals surface area contributed by atoms with E-state index in [1.165, 1.54) is 4.90 Å². The molecule has 0 aliphatic carbocycles. The highest BCUT2D eigenvalue weighted by molar-refractivity contribution is 5.68. The maximum Gasteiger partial charge on any atom is 0.411 e. The highest BCUT2D eigenvalue weighted by Gasteiger charge is 2.34. The first-order valence-corrected chi connectivity index (χ1v) is 5.28. The van der Waals surface area contributed by atoms with E-state index in [1.54, 1.807) is 20.8 Å². The predicted octanol–water partition coefficient (Wildman–Crippen LogP) is 0.413. The lowest BCUT2D eigenvalue weighted by Crippen LogP contribution is -2.56. The first kappa shape index (κ1) is 13.2. The molecule has 0 unspecified atom stereocenters. The minimum absolute atomic E-state index is 0.375. The Bertz CT molecular complexity index is 254.